The van der Waals surface area contributed by atoms with Gasteiger partial charge < -0.3 is 9.73 Å². The van der Waals surface area contributed by atoms with Gasteiger partial charge in [-0.2, -0.15) is 0 Å². The van der Waals surface area contributed by atoms with Crippen LogP contribution >= 0.6 is 27.5 Å². The van der Waals surface area contributed by atoms with Gasteiger partial charge in [-0.05, 0) is 24.3 Å². The number of furan rings is 1. The normalized spacial score (nSPS) is 10.2. The zero-order valence-corrected chi connectivity index (χ0v) is 11.1. The lowest BCUT2D eigenvalue weighted by Crippen LogP contribution is -2.22. The Bertz CT molecular complexity index is 525. The third-order valence-corrected chi connectivity index (χ3v) is 3.03. The highest BCUT2D eigenvalue weighted by molar-refractivity contribution is 9.10. The van der Waals surface area contributed by atoms with Crippen LogP contribution in [0.4, 0.5) is 0 Å². The van der Waals surface area contributed by atoms with Crippen LogP contribution in [0.5, 0.6) is 0 Å². The summed E-state index contributed by atoms with van der Waals surface area (Å²) in [4.78, 5) is 11.9. The molecule has 0 aliphatic heterocycles. The fraction of sp³-hybridized carbons (Fsp3) is 0.0833. The number of carbonyl (C=O) groups excluding carboxylic acids is 1. The Labute approximate surface area is 112 Å². The van der Waals surface area contributed by atoms with E-state index in [9.17, 15) is 4.79 Å². The molecule has 1 N–H and O–H groups in total. The third-order valence-electron chi connectivity index (χ3n) is 2.21. The molecule has 1 aromatic heterocycles. The van der Waals surface area contributed by atoms with Crippen molar-refractivity contribution < 1.29 is 9.21 Å². The molecule has 0 radical (unpaired) electrons. The highest BCUT2D eigenvalue weighted by Gasteiger charge is 2.10. The highest BCUT2D eigenvalue weighted by atomic mass is 79.9. The lowest BCUT2D eigenvalue weighted by Gasteiger charge is -2.05. The van der Waals surface area contributed by atoms with Crippen molar-refractivity contribution >= 4 is 33.4 Å². The molecule has 1 heterocycles. The predicted molar refractivity (Wildman–Crippen MR) is 69.0 cm³/mol. The van der Waals surface area contributed by atoms with Gasteiger partial charge in [0.05, 0.1) is 23.1 Å². The summed E-state index contributed by atoms with van der Waals surface area (Å²) in [5.74, 6) is -0.211. The number of hydrogen-bond acceptors (Lipinski definition) is 2. The van der Waals surface area contributed by atoms with Crippen molar-refractivity contribution in [3.8, 4) is 0 Å². The molecule has 88 valence electrons. The molecule has 0 fully saturated rings. The number of nitrogens with one attached hydrogen (secondary N) is 1. The Hall–Kier alpha value is -1.26. The predicted octanol–water partition coefficient (Wildman–Crippen LogP) is 3.63. The molecule has 2 rings (SSSR count). The van der Waals surface area contributed by atoms with Crippen LogP contribution in [0, 0.1) is 0 Å². The van der Waals surface area contributed by atoms with Crippen LogP contribution in [0.2, 0.25) is 5.02 Å². The second kappa shape index (κ2) is 5.38. The molecule has 0 saturated carbocycles. The van der Waals surface area contributed by atoms with E-state index in [0.29, 0.717) is 17.1 Å². The van der Waals surface area contributed by atoms with Crippen molar-refractivity contribution in [3.05, 3.63) is 57.4 Å². The van der Waals surface area contributed by atoms with E-state index in [1.807, 2.05) is 0 Å². The summed E-state index contributed by atoms with van der Waals surface area (Å²) in [6.07, 6.45) is 3.15. The maximum atomic E-state index is 11.9. The Morgan fingerprint density at radius 2 is 2.24 bits per heavy atom. The van der Waals surface area contributed by atoms with Crippen LogP contribution in [0.1, 0.15) is 15.9 Å². The fourth-order valence-corrected chi connectivity index (χ4v) is 1.91. The number of amides is 1. The number of rotatable bonds is 3. The first-order valence-electron chi connectivity index (χ1n) is 4.91. The minimum atomic E-state index is -0.211. The molecule has 0 aliphatic rings. The number of hydrogen-bond donors (Lipinski definition) is 1. The van der Waals surface area contributed by atoms with E-state index in [4.69, 9.17) is 16.0 Å². The van der Waals surface area contributed by atoms with Gasteiger partial charge in [0.25, 0.3) is 5.91 Å². The van der Waals surface area contributed by atoms with Crippen LogP contribution in [0.15, 0.2) is 45.7 Å². The zero-order valence-electron chi connectivity index (χ0n) is 8.74. The summed E-state index contributed by atoms with van der Waals surface area (Å²) in [5, 5.41) is 3.19. The van der Waals surface area contributed by atoms with Crippen LogP contribution < -0.4 is 5.32 Å². The molecule has 5 heteroatoms. The molecule has 0 saturated heterocycles. The average Bonchev–Trinajstić information content (AvgIpc) is 2.82. The third kappa shape index (κ3) is 3.11. The molecule has 3 nitrogen and oxygen atoms in total. The van der Waals surface area contributed by atoms with E-state index >= 15 is 0 Å². The van der Waals surface area contributed by atoms with Crippen LogP contribution in [-0.4, -0.2) is 5.91 Å². The first-order chi connectivity index (χ1) is 8.16. The van der Waals surface area contributed by atoms with Crippen molar-refractivity contribution in [3.63, 3.8) is 0 Å². The van der Waals surface area contributed by atoms with Gasteiger partial charge in [0, 0.05) is 16.6 Å². The van der Waals surface area contributed by atoms with Crippen LogP contribution in [0.25, 0.3) is 0 Å². The summed E-state index contributed by atoms with van der Waals surface area (Å²) in [6, 6.07) is 6.95. The molecule has 0 aliphatic carbocycles. The minimum absolute atomic E-state index is 0.211. The van der Waals surface area contributed by atoms with Gasteiger partial charge in [0.2, 0.25) is 0 Å². The second-order valence-electron chi connectivity index (χ2n) is 3.44. The van der Waals surface area contributed by atoms with Gasteiger partial charge in [0.15, 0.2) is 0 Å². The number of halogens is 2. The molecular weight excluding hydrogens is 305 g/mol. The van der Waals surface area contributed by atoms with Crippen LogP contribution in [-0.2, 0) is 6.54 Å². The monoisotopic (exact) mass is 313 g/mol. The number of benzene rings is 1. The molecule has 2 aromatic rings. The first-order valence-corrected chi connectivity index (χ1v) is 6.08. The van der Waals surface area contributed by atoms with E-state index in [1.165, 1.54) is 0 Å². The molecule has 17 heavy (non-hydrogen) atoms. The first kappa shape index (κ1) is 12.2. The topological polar surface area (TPSA) is 42.2 Å². The van der Waals surface area contributed by atoms with Crippen molar-refractivity contribution in [2.45, 2.75) is 6.54 Å². The summed E-state index contributed by atoms with van der Waals surface area (Å²) in [6.45, 7) is 0.415. The molecule has 0 unspecified atom stereocenters. The molecule has 0 bridgehead atoms. The van der Waals surface area contributed by atoms with Crippen molar-refractivity contribution in [2.75, 3.05) is 0 Å². The van der Waals surface area contributed by atoms with Crippen molar-refractivity contribution in [2.24, 2.45) is 0 Å². The molecule has 1 amide bonds. The number of carbonyl (C=O) groups is 1. The molecule has 0 atom stereocenters. The Morgan fingerprint density at radius 3 is 2.94 bits per heavy atom. The molecule has 0 spiro atoms. The summed E-state index contributed by atoms with van der Waals surface area (Å²) in [5.41, 5.74) is 1.36. The Balaban J connectivity index is 2.07. The fourth-order valence-electron chi connectivity index (χ4n) is 1.34. The van der Waals surface area contributed by atoms with Gasteiger partial charge in [-0.3, -0.25) is 4.79 Å². The van der Waals surface area contributed by atoms with Crippen molar-refractivity contribution in [1.82, 2.24) is 5.32 Å². The minimum Gasteiger partial charge on any atom is -0.472 e. The van der Waals surface area contributed by atoms with E-state index in [1.54, 1.807) is 36.8 Å². The maximum Gasteiger partial charge on any atom is 0.253 e. The summed E-state index contributed by atoms with van der Waals surface area (Å²) < 4.78 is 5.73. The van der Waals surface area contributed by atoms with Gasteiger partial charge in [-0.25, -0.2) is 0 Å². The smallest absolute Gasteiger partial charge is 0.253 e. The maximum absolute atomic E-state index is 11.9. The summed E-state index contributed by atoms with van der Waals surface area (Å²) in [7, 11) is 0. The molecular formula is C12H9BrClNO2. The molecule has 1 aromatic carbocycles. The largest absolute Gasteiger partial charge is 0.472 e. The van der Waals surface area contributed by atoms with Gasteiger partial charge in [0.1, 0.15) is 0 Å². The lowest BCUT2D eigenvalue weighted by molar-refractivity contribution is 0.0951. The Kier molecular flexibility index (Phi) is 3.86. The Morgan fingerprint density at radius 1 is 1.41 bits per heavy atom. The lowest BCUT2D eigenvalue weighted by atomic mass is 10.2. The average molecular weight is 315 g/mol. The van der Waals surface area contributed by atoms with Crippen molar-refractivity contribution in [1.29, 1.82) is 0 Å². The van der Waals surface area contributed by atoms with Gasteiger partial charge in [-0.1, -0.05) is 27.5 Å². The van der Waals surface area contributed by atoms with E-state index in [0.717, 1.165) is 10.0 Å². The van der Waals surface area contributed by atoms with Gasteiger partial charge >= 0.3 is 0 Å². The zero-order chi connectivity index (χ0) is 12.3. The standard InChI is InChI=1S/C12H9BrClNO2/c13-9-1-2-11(14)10(5-9)12(16)15-6-8-3-4-17-7-8/h1-5,7H,6H2,(H,15,16). The van der Waals surface area contributed by atoms with E-state index in [2.05, 4.69) is 21.2 Å². The van der Waals surface area contributed by atoms with Crippen LogP contribution in [0.3, 0.4) is 0 Å². The van der Waals surface area contributed by atoms with E-state index in [-0.39, 0.29) is 5.91 Å². The van der Waals surface area contributed by atoms with E-state index < -0.39 is 0 Å². The quantitative estimate of drug-likeness (QED) is 0.940. The highest BCUT2D eigenvalue weighted by Crippen LogP contribution is 2.20. The van der Waals surface area contributed by atoms with Gasteiger partial charge in [-0.15, -0.1) is 0 Å². The SMILES string of the molecule is O=C(NCc1ccoc1)c1cc(Br)ccc1Cl. The summed E-state index contributed by atoms with van der Waals surface area (Å²) >= 11 is 9.25. The second-order valence-corrected chi connectivity index (χ2v) is 4.76.